The Labute approximate surface area is 162 Å². The lowest BCUT2D eigenvalue weighted by Gasteiger charge is -2.24. The number of rotatable bonds is 5. The van der Waals surface area contributed by atoms with Crippen molar-refractivity contribution < 1.29 is 14.9 Å². The second-order valence-corrected chi connectivity index (χ2v) is 6.68. The number of aromatic amines is 1. The molecule has 9 heteroatoms. The molecule has 148 valence electrons. The second kappa shape index (κ2) is 7.89. The highest BCUT2D eigenvalue weighted by Crippen LogP contribution is 2.26. The molecule has 1 aliphatic rings. The highest BCUT2D eigenvalue weighted by Gasteiger charge is 2.17. The lowest BCUT2D eigenvalue weighted by molar-refractivity contribution is 0.0904. The molecule has 2 aromatic heterocycles. The number of hydrogen-bond donors (Lipinski definition) is 3. The van der Waals surface area contributed by atoms with E-state index in [4.69, 9.17) is 4.74 Å². The second-order valence-electron chi connectivity index (χ2n) is 6.68. The Morgan fingerprint density at radius 1 is 1.07 bits per heavy atom. The summed E-state index contributed by atoms with van der Waals surface area (Å²) >= 11 is 0. The van der Waals surface area contributed by atoms with Gasteiger partial charge in [-0.3, -0.25) is 5.10 Å². The van der Waals surface area contributed by atoms with E-state index in [1.807, 2.05) is 13.0 Å². The minimum atomic E-state index is -0.591. The van der Waals surface area contributed by atoms with E-state index in [0.717, 1.165) is 36.7 Å². The molecule has 0 unspecified atom stereocenters. The summed E-state index contributed by atoms with van der Waals surface area (Å²) < 4.78 is 33.3. The summed E-state index contributed by atoms with van der Waals surface area (Å²) in [6.07, 6.45) is 1.68. The zero-order valence-electron chi connectivity index (χ0n) is 15.3. The largest absolute Gasteiger partial charge is 0.381 e. The van der Waals surface area contributed by atoms with Crippen molar-refractivity contribution in [1.29, 1.82) is 0 Å². The van der Waals surface area contributed by atoms with Gasteiger partial charge in [0.25, 0.3) is 0 Å². The van der Waals surface area contributed by atoms with E-state index in [-0.39, 0.29) is 18.9 Å². The van der Waals surface area contributed by atoms with E-state index >= 15 is 0 Å². The van der Waals surface area contributed by atoms with Crippen LogP contribution in [0.5, 0.6) is 0 Å². The Kier molecular flexibility index (Phi) is 5.16. The van der Waals surface area contributed by atoms with Gasteiger partial charge in [0, 0.05) is 38.5 Å². The summed E-state index contributed by atoms with van der Waals surface area (Å²) in [6.45, 7) is 3.22. The van der Waals surface area contributed by atoms with Crippen LogP contribution in [-0.2, 0) is 4.74 Å². The SMILES string of the molecule is Cc1cc(Nc2cc(NC3CCOCC3)nc(-c3cc(F)ccc3F)n2)n[nH]1.[HH]. The van der Waals surface area contributed by atoms with E-state index in [0.29, 0.717) is 30.7 Å². The van der Waals surface area contributed by atoms with Crippen molar-refractivity contribution in [2.24, 2.45) is 0 Å². The number of H-pyrrole nitrogens is 1. The van der Waals surface area contributed by atoms with E-state index in [1.54, 1.807) is 6.07 Å². The van der Waals surface area contributed by atoms with E-state index in [2.05, 4.69) is 30.8 Å². The fourth-order valence-electron chi connectivity index (χ4n) is 3.04. The molecule has 0 atom stereocenters. The van der Waals surface area contributed by atoms with Crippen molar-refractivity contribution in [2.45, 2.75) is 25.8 Å². The first-order chi connectivity index (χ1) is 13.6. The van der Waals surface area contributed by atoms with E-state index < -0.39 is 11.6 Å². The van der Waals surface area contributed by atoms with E-state index in [9.17, 15) is 8.78 Å². The van der Waals surface area contributed by atoms with Crippen LogP contribution in [0.1, 0.15) is 20.0 Å². The van der Waals surface area contributed by atoms with Crippen molar-refractivity contribution in [3.8, 4) is 11.4 Å². The predicted molar refractivity (Wildman–Crippen MR) is 104 cm³/mol. The van der Waals surface area contributed by atoms with Gasteiger partial charge in [-0.1, -0.05) is 0 Å². The maximum atomic E-state index is 14.3. The van der Waals surface area contributed by atoms with Gasteiger partial charge in [-0.2, -0.15) is 5.10 Å². The van der Waals surface area contributed by atoms with Gasteiger partial charge in [-0.05, 0) is 38.0 Å². The van der Waals surface area contributed by atoms with Crippen LogP contribution >= 0.6 is 0 Å². The predicted octanol–water partition coefficient (Wildman–Crippen LogP) is 4.03. The number of halogens is 2. The Balaban J connectivity index is 0.00000240. The minimum absolute atomic E-state index is 0. The van der Waals surface area contributed by atoms with Gasteiger partial charge in [0.1, 0.15) is 23.3 Å². The highest BCUT2D eigenvalue weighted by atomic mass is 19.1. The van der Waals surface area contributed by atoms with Crippen LogP contribution < -0.4 is 10.6 Å². The van der Waals surface area contributed by atoms with Gasteiger partial charge >= 0.3 is 0 Å². The average Bonchev–Trinajstić information content (AvgIpc) is 3.09. The van der Waals surface area contributed by atoms with Crippen LogP contribution in [0, 0.1) is 18.6 Å². The Bertz CT molecular complexity index is 977. The summed E-state index contributed by atoms with van der Waals surface area (Å²) in [4.78, 5) is 8.76. The molecular weight excluding hydrogens is 366 g/mol. The minimum Gasteiger partial charge on any atom is -0.381 e. The van der Waals surface area contributed by atoms with Gasteiger partial charge < -0.3 is 15.4 Å². The average molecular weight is 388 g/mol. The van der Waals surface area contributed by atoms with Gasteiger partial charge in [-0.25, -0.2) is 18.7 Å². The third-order valence-corrected chi connectivity index (χ3v) is 4.43. The molecule has 1 fully saturated rings. The number of nitrogens with zero attached hydrogens (tertiary/aromatic N) is 3. The maximum Gasteiger partial charge on any atom is 0.166 e. The zero-order chi connectivity index (χ0) is 19.5. The molecule has 0 radical (unpaired) electrons. The van der Waals surface area contributed by atoms with Crippen LogP contribution in [0.2, 0.25) is 0 Å². The summed E-state index contributed by atoms with van der Waals surface area (Å²) in [5.74, 6) is 0.458. The van der Waals surface area contributed by atoms with Crippen LogP contribution in [0.4, 0.5) is 26.2 Å². The molecule has 0 bridgehead atoms. The van der Waals surface area contributed by atoms with Crippen LogP contribution in [0.25, 0.3) is 11.4 Å². The Morgan fingerprint density at radius 3 is 2.61 bits per heavy atom. The number of hydrogen-bond acceptors (Lipinski definition) is 6. The van der Waals surface area contributed by atoms with Gasteiger partial charge in [0.2, 0.25) is 0 Å². The zero-order valence-corrected chi connectivity index (χ0v) is 15.3. The number of nitrogens with one attached hydrogen (secondary N) is 3. The molecule has 1 aromatic carbocycles. The van der Waals surface area contributed by atoms with Crippen LogP contribution in [-0.4, -0.2) is 39.4 Å². The van der Waals surface area contributed by atoms with Gasteiger partial charge in [0.15, 0.2) is 11.6 Å². The van der Waals surface area contributed by atoms with Crippen molar-refractivity contribution in [1.82, 2.24) is 20.2 Å². The Morgan fingerprint density at radius 2 is 1.86 bits per heavy atom. The summed E-state index contributed by atoms with van der Waals surface area (Å²) in [6, 6.07) is 6.95. The molecule has 28 heavy (non-hydrogen) atoms. The summed E-state index contributed by atoms with van der Waals surface area (Å²) in [7, 11) is 0. The molecule has 0 aliphatic carbocycles. The molecule has 3 N–H and O–H groups in total. The van der Waals surface area contributed by atoms with Crippen LogP contribution in [0.3, 0.4) is 0 Å². The van der Waals surface area contributed by atoms with Crippen LogP contribution in [0.15, 0.2) is 30.3 Å². The first-order valence-electron chi connectivity index (χ1n) is 9.04. The molecule has 0 amide bonds. The molecule has 4 rings (SSSR count). The smallest absolute Gasteiger partial charge is 0.166 e. The quantitative estimate of drug-likeness (QED) is 0.612. The number of aryl methyl sites for hydroxylation is 1. The third kappa shape index (κ3) is 4.25. The molecule has 0 spiro atoms. The summed E-state index contributed by atoms with van der Waals surface area (Å²) in [5, 5.41) is 13.4. The van der Waals surface area contributed by atoms with Crippen molar-refractivity contribution in [3.05, 3.63) is 47.7 Å². The molecule has 0 saturated carbocycles. The number of anilines is 3. The number of benzene rings is 1. The molecule has 7 nitrogen and oxygen atoms in total. The highest BCUT2D eigenvalue weighted by molar-refractivity contribution is 5.64. The molecule has 3 heterocycles. The topological polar surface area (TPSA) is 87.8 Å². The lowest BCUT2D eigenvalue weighted by Crippen LogP contribution is -2.28. The monoisotopic (exact) mass is 388 g/mol. The fourth-order valence-corrected chi connectivity index (χ4v) is 3.04. The summed E-state index contributed by atoms with van der Waals surface area (Å²) in [5.41, 5.74) is 0.880. The molecule has 3 aromatic rings. The molecule has 1 saturated heterocycles. The number of ether oxygens (including phenoxy) is 1. The normalized spacial score (nSPS) is 14.8. The lowest BCUT2D eigenvalue weighted by atomic mass is 10.1. The van der Waals surface area contributed by atoms with Crippen molar-refractivity contribution >= 4 is 17.5 Å². The maximum absolute atomic E-state index is 14.3. The van der Waals surface area contributed by atoms with Gasteiger partial charge in [0.05, 0.1) is 5.56 Å². The fraction of sp³-hybridized carbons (Fsp3) is 0.316. The van der Waals surface area contributed by atoms with Gasteiger partial charge in [-0.15, -0.1) is 0 Å². The third-order valence-electron chi connectivity index (χ3n) is 4.43. The van der Waals surface area contributed by atoms with E-state index in [1.165, 1.54) is 0 Å². The molecular formula is C19H22F2N6O. The number of aromatic nitrogens is 4. The van der Waals surface area contributed by atoms with Crippen molar-refractivity contribution in [2.75, 3.05) is 23.8 Å². The first kappa shape index (κ1) is 18.3. The first-order valence-corrected chi connectivity index (χ1v) is 9.04. The molecule has 1 aliphatic heterocycles. The standard InChI is InChI=1S/C19H20F2N6O.H2/c1-11-8-18(27-26-11)23-17-10-16(22-13-4-6-28-7-5-13)24-19(25-17)14-9-12(20)2-3-15(14)21;/h2-3,8-10,13H,4-7H2,1H3,(H3,22,23,24,25,26,27);1H. The van der Waals surface area contributed by atoms with Crippen molar-refractivity contribution in [3.63, 3.8) is 0 Å². The Hall–Kier alpha value is -3.07.